The maximum atomic E-state index is 12.5. The largest absolute Gasteiger partial charge is 0.349 e. The van der Waals surface area contributed by atoms with Gasteiger partial charge in [-0.1, -0.05) is 44.1 Å². The van der Waals surface area contributed by atoms with Crippen LogP contribution in [0, 0.1) is 5.92 Å². The summed E-state index contributed by atoms with van der Waals surface area (Å²) < 4.78 is 0. The Morgan fingerprint density at radius 1 is 1.30 bits per heavy atom. The second kappa shape index (κ2) is 8.33. The fraction of sp³-hybridized carbons (Fsp3) is 0.409. The van der Waals surface area contributed by atoms with Gasteiger partial charge in [0.05, 0.1) is 5.52 Å². The number of anilines is 1. The quantitative estimate of drug-likeness (QED) is 0.813. The lowest BCUT2D eigenvalue weighted by molar-refractivity contribution is -0.120. The van der Waals surface area contributed by atoms with Gasteiger partial charge in [0.15, 0.2) is 0 Å². The smallest absolute Gasteiger partial charge is 0.229 e. The summed E-state index contributed by atoms with van der Waals surface area (Å²) in [6.07, 6.45) is 9.22. The van der Waals surface area contributed by atoms with E-state index < -0.39 is 0 Å². The van der Waals surface area contributed by atoms with E-state index in [0.29, 0.717) is 5.95 Å². The predicted octanol–water partition coefficient (Wildman–Crippen LogP) is 4.97. The van der Waals surface area contributed by atoms with Crippen LogP contribution in [0.15, 0.2) is 42.7 Å². The monoisotopic (exact) mass is 364 g/mol. The fourth-order valence-corrected chi connectivity index (χ4v) is 3.58. The Morgan fingerprint density at radius 2 is 2.04 bits per heavy atom. The van der Waals surface area contributed by atoms with Gasteiger partial charge in [-0.05, 0) is 38.3 Å². The van der Waals surface area contributed by atoms with Crippen LogP contribution in [0.25, 0.3) is 16.6 Å². The molecule has 0 spiro atoms. The third-order valence-corrected chi connectivity index (χ3v) is 5.30. The maximum Gasteiger partial charge on any atom is 0.229 e. The summed E-state index contributed by atoms with van der Waals surface area (Å²) in [6, 6.07) is 6.09. The van der Waals surface area contributed by atoms with Gasteiger partial charge in [-0.2, -0.15) is 0 Å². The molecule has 0 saturated heterocycles. The standard InChI is InChI=1S/C22H28N4O/c1-5-20(26(4)15(2)3)17-11-12-18-14-23-22(24-19(18)13-17)25-21(27)16-9-7-6-8-10-16/h5,11-14,16H,2,6-10H2,1,3-4H3,(H,23,24,25,27)/b20-5-. The van der Waals surface area contributed by atoms with Gasteiger partial charge in [0.1, 0.15) is 0 Å². The maximum absolute atomic E-state index is 12.5. The second-order valence-corrected chi connectivity index (χ2v) is 7.26. The van der Waals surface area contributed by atoms with Crippen molar-refractivity contribution in [3.05, 3.63) is 48.3 Å². The van der Waals surface area contributed by atoms with E-state index in [4.69, 9.17) is 0 Å². The number of carbonyl (C=O) groups excluding carboxylic acids is 1. The number of allylic oxidation sites excluding steroid dienone is 2. The summed E-state index contributed by atoms with van der Waals surface area (Å²) in [6.45, 7) is 8.00. The Bertz CT molecular complexity index is 881. The number of nitrogens with zero attached hydrogens (tertiary/aromatic N) is 3. The van der Waals surface area contributed by atoms with E-state index in [2.05, 4.69) is 34.0 Å². The van der Waals surface area contributed by atoms with E-state index in [1.807, 2.05) is 37.9 Å². The van der Waals surface area contributed by atoms with Crippen molar-refractivity contribution in [1.29, 1.82) is 0 Å². The van der Waals surface area contributed by atoms with Gasteiger partial charge in [-0.15, -0.1) is 0 Å². The lowest BCUT2D eigenvalue weighted by Crippen LogP contribution is -2.25. The number of benzene rings is 1. The second-order valence-electron chi connectivity index (χ2n) is 7.26. The van der Waals surface area contributed by atoms with Crippen LogP contribution >= 0.6 is 0 Å². The van der Waals surface area contributed by atoms with Gasteiger partial charge in [0.25, 0.3) is 0 Å². The molecular weight excluding hydrogens is 336 g/mol. The molecule has 1 fully saturated rings. The first kappa shape index (κ1) is 19.1. The molecule has 1 saturated carbocycles. The molecule has 1 aliphatic rings. The molecule has 1 heterocycles. The van der Waals surface area contributed by atoms with Gasteiger partial charge in [-0.3, -0.25) is 10.1 Å². The van der Waals surface area contributed by atoms with Crippen molar-refractivity contribution in [1.82, 2.24) is 14.9 Å². The van der Waals surface area contributed by atoms with Crippen molar-refractivity contribution in [2.75, 3.05) is 12.4 Å². The Balaban J connectivity index is 1.85. The lowest BCUT2D eigenvalue weighted by atomic mass is 9.89. The first-order valence-corrected chi connectivity index (χ1v) is 9.63. The lowest BCUT2D eigenvalue weighted by Gasteiger charge is -2.23. The average molecular weight is 364 g/mol. The highest BCUT2D eigenvalue weighted by Crippen LogP contribution is 2.26. The van der Waals surface area contributed by atoms with E-state index >= 15 is 0 Å². The summed E-state index contributed by atoms with van der Waals surface area (Å²) in [5, 5.41) is 3.85. The zero-order chi connectivity index (χ0) is 19.4. The van der Waals surface area contributed by atoms with E-state index in [9.17, 15) is 4.79 Å². The molecule has 0 atom stereocenters. The first-order valence-electron chi connectivity index (χ1n) is 9.63. The van der Waals surface area contributed by atoms with Crippen molar-refractivity contribution in [2.45, 2.75) is 46.0 Å². The summed E-state index contributed by atoms with van der Waals surface area (Å²) in [4.78, 5) is 23.4. The molecule has 1 aliphatic carbocycles. The summed E-state index contributed by atoms with van der Waals surface area (Å²) in [5.41, 5.74) is 3.90. The Kier molecular flexibility index (Phi) is 5.89. The summed E-state index contributed by atoms with van der Waals surface area (Å²) in [7, 11) is 2.00. The molecule has 0 radical (unpaired) electrons. The molecule has 1 N–H and O–H groups in total. The van der Waals surface area contributed by atoms with Crippen LogP contribution < -0.4 is 5.32 Å². The van der Waals surface area contributed by atoms with Gasteiger partial charge < -0.3 is 4.90 Å². The van der Waals surface area contributed by atoms with E-state index in [-0.39, 0.29) is 11.8 Å². The SMILES string of the molecule is C=C(C)N(C)/C(=C\C)c1ccc2cnc(NC(=O)C3CCCCC3)nc2c1. The van der Waals surface area contributed by atoms with E-state index in [1.165, 1.54) is 6.42 Å². The molecular formula is C22H28N4O. The Hall–Kier alpha value is -2.69. The molecule has 142 valence electrons. The molecule has 3 rings (SSSR count). The highest BCUT2D eigenvalue weighted by molar-refractivity contribution is 5.92. The molecule has 27 heavy (non-hydrogen) atoms. The zero-order valence-corrected chi connectivity index (χ0v) is 16.5. The summed E-state index contributed by atoms with van der Waals surface area (Å²) in [5.74, 6) is 0.509. The van der Waals surface area contributed by atoms with Crippen LogP contribution in [0.4, 0.5) is 5.95 Å². The number of aromatic nitrogens is 2. The number of hydrogen-bond donors (Lipinski definition) is 1. The van der Waals surface area contributed by atoms with Crippen molar-refractivity contribution >= 4 is 28.5 Å². The molecule has 5 nitrogen and oxygen atoms in total. The molecule has 1 aromatic heterocycles. The third-order valence-electron chi connectivity index (χ3n) is 5.30. The van der Waals surface area contributed by atoms with Crippen LogP contribution in [-0.2, 0) is 4.79 Å². The van der Waals surface area contributed by atoms with E-state index in [0.717, 1.165) is 53.5 Å². The van der Waals surface area contributed by atoms with Gasteiger partial charge in [0, 0.05) is 35.9 Å². The van der Waals surface area contributed by atoms with Crippen LogP contribution in [0.2, 0.25) is 0 Å². The molecule has 2 aromatic rings. The topological polar surface area (TPSA) is 58.1 Å². The average Bonchev–Trinajstić information content (AvgIpc) is 2.68. The Morgan fingerprint density at radius 3 is 2.70 bits per heavy atom. The van der Waals surface area contributed by atoms with Crippen LogP contribution in [0.5, 0.6) is 0 Å². The minimum atomic E-state index is 0.0429. The minimum absolute atomic E-state index is 0.0429. The molecule has 5 heteroatoms. The minimum Gasteiger partial charge on any atom is -0.349 e. The fourth-order valence-electron chi connectivity index (χ4n) is 3.58. The predicted molar refractivity (Wildman–Crippen MR) is 111 cm³/mol. The number of hydrogen-bond acceptors (Lipinski definition) is 4. The Labute approximate surface area is 161 Å². The van der Waals surface area contributed by atoms with Crippen LogP contribution in [-0.4, -0.2) is 27.8 Å². The molecule has 1 aromatic carbocycles. The number of nitrogens with one attached hydrogen (secondary N) is 1. The highest BCUT2D eigenvalue weighted by Gasteiger charge is 2.21. The molecule has 0 bridgehead atoms. The van der Waals surface area contributed by atoms with Gasteiger partial charge in [-0.25, -0.2) is 9.97 Å². The van der Waals surface area contributed by atoms with Gasteiger partial charge in [0.2, 0.25) is 11.9 Å². The molecule has 1 amide bonds. The third kappa shape index (κ3) is 4.35. The number of amides is 1. The molecule has 0 aliphatic heterocycles. The van der Waals surface area contributed by atoms with Crippen molar-refractivity contribution in [3.63, 3.8) is 0 Å². The van der Waals surface area contributed by atoms with Crippen molar-refractivity contribution < 1.29 is 4.79 Å². The summed E-state index contributed by atoms with van der Waals surface area (Å²) >= 11 is 0. The molecule has 0 unspecified atom stereocenters. The number of fused-ring (bicyclic) bond motifs is 1. The number of rotatable bonds is 5. The normalized spacial score (nSPS) is 15.6. The van der Waals surface area contributed by atoms with Gasteiger partial charge >= 0.3 is 0 Å². The van der Waals surface area contributed by atoms with E-state index in [1.54, 1.807) is 6.20 Å². The van der Waals surface area contributed by atoms with Crippen molar-refractivity contribution in [2.24, 2.45) is 5.92 Å². The van der Waals surface area contributed by atoms with Crippen molar-refractivity contribution in [3.8, 4) is 0 Å². The van der Waals surface area contributed by atoms with Crippen LogP contribution in [0.3, 0.4) is 0 Å². The zero-order valence-electron chi connectivity index (χ0n) is 16.5. The van der Waals surface area contributed by atoms with Crippen LogP contribution in [0.1, 0.15) is 51.5 Å². The first-order chi connectivity index (χ1) is 13.0. The highest BCUT2D eigenvalue weighted by atomic mass is 16.2. The number of carbonyl (C=O) groups is 1.